The molecular formula is C12H19N3O4. The summed E-state index contributed by atoms with van der Waals surface area (Å²) in [6.45, 7) is 2.45. The van der Waals surface area contributed by atoms with Crippen molar-refractivity contribution in [2.75, 3.05) is 19.6 Å². The average Bonchev–Trinajstić information content (AvgIpc) is 2.85. The van der Waals surface area contributed by atoms with Gasteiger partial charge >= 0.3 is 12.0 Å². The van der Waals surface area contributed by atoms with Crippen LogP contribution in [0.25, 0.3) is 0 Å². The maximum Gasteiger partial charge on any atom is 0.328 e. The zero-order chi connectivity index (χ0) is 14.0. The maximum atomic E-state index is 12.4. The molecule has 19 heavy (non-hydrogen) atoms. The summed E-state index contributed by atoms with van der Waals surface area (Å²) < 4.78 is 0. The Bertz CT molecular complexity index is 398. The number of amides is 3. The first kappa shape index (κ1) is 13.6. The van der Waals surface area contributed by atoms with Crippen molar-refractivity contribution in [1.29, 1.82) is 0 Å². The molecule has 0 aromatic carbocycles. The Labute approximate surface area is 111 Å². The quantitative estimate of drug-likeness (QED) is 0.730. The molecule has 2 atom stereocenters. The Kier molecular flexibility index (Phi) is 3.92. The smallest absolute Gasteiger partial charge is 0.328 e. The van der Waals surface area contributed by atoms with E-state index in [1.165, 1.54) is 4.90 Å². The topological polar surface area (TPSA) is 90.0 Å². The number of hydrogen-bond acceptors (Lipinski definition) is 3. The van der Waals surface area contributed by atoms with Gasteiger partial charge in [0.05, 0.1) is 0 Å². The van der Waals surface area contributed by atoms with Crippen molar-refractivity contribution in [3.63, 3.8) is 0 Å². The number of carboxylic acid groups (broad SMARTS) is 1. The van der Waals surface area contributed by atoms with Crippen molar-refractivity contribution in [3.8, 4) is 0 Å². The van der Waals surface area contributed by atoms with E-state index in [1.54, 1.807) is 4.90 Å². The zero-order valence-corrected chi connectivity index (χ0v) is 11.0. The highest BCUT2D eigenvalue weighted by atomic mass is 16.4. The van der Waals surface area contributed by atoms with Crippen LogP contribution in [-0.2, 0) is 9.59 Å². The number of carboxylic acids is 1. The second-order valence-electron chi connectivity index (χ2n) is 4.97. The van der Waals surface area contributed by atoms with Crippen LogP contribution in [0.15, 0.2) is 0 Å². The Hall–Kier alpha value is -1.79. The molecule has 0 saturated carbocycles. The molecule has 2 aliphatic rings. The largest absolute Gasteiger partial charge is 0.480 e. The summed E-state index contributed by atoms with van der Waals surface area (Å²) in [5.41, 5.74) is 0. The van der Waals surface area contributed by atoms with Crippen molar-refractivity contribution >= 4 is 17.9 Å². The third-order valence-electron chi connectivity index (χ3n) is 3.81. The predicted octanol–water partition coefficient (Wildman–Crippen LogP) is -0.134. The summed E-state index contributed by atoms with van der Waals surface area (Å²) in [6.07, 6.45) is 2.73. The van der Waals surface area contributed by atoms with E-state index in [4.69, 9.17) is 5.11 Å². The molecule has 0 aromatic heterocycles. The highest BCUT2D eigenvalue weighted by Crippen LogP contribution is 2.22. The van der Waals surface area contributed by atoms with Gasteiger partial charge in [-0.2, -0.15) is 0 Å². The van der Waals surface area contributed by atoms with E-state index >= 15 is 0 Å². The van der Waals surface area contributed by atoms with E-state index in [1.807, 2.05) is 6.92 Å². The van der Waals surface area contributed by atoms with Gasteiger partial charge in [0.2, 0.25) is 5.91 Å². The van der Waals surface area contributed by atoms with E-state index in [2.05, 4.69) is 5.32 Å². The minimum atomic E-state index is -1.08. The van der Waals surface area contributed by atoms with Gasteiger partial charge in [-0.1, -0.05) is 6.92 Å². The highest BCUT2D eigenvalue weighted by Gasteiger charge is 2.39. The van der Waals surface area contributed by atoms with Gasteiger partial charge < -0.3 is 15.3 Å². The molecule has 0 radical (unpaired) electrons. The average molecular weight is 269 g/mol. The standard InChI is InChI=1S/C12H19N3O4/c1-2-8-4-3-5-14(8)12(19)15-7-10(16)13-6-9(15)11(17)18/h8-9H,2-7H2,1H3,(H,13,16)(H,17,18). The lowest BCUT2D eigenvalue weighted by Gasteiger charge is -2.37. The fraction of sp³-hybridized carbons (Fsp3) is 0.750. The molecule has 2 N–H and O–H groups in total. The molecule has 0 spiro atoms. The van der Waals surface area contributed by atoms with Crippen LogP contribution < -0.4 is 5.32 Å². The van der Waals surface area contributed by atoms with Gasteiger partial charge in [0.15, 0.2) is 0 Å². The van der Waals surface area contributed by atoms with Gasteiger partial charge in [-0.25, -0.2) is 9.59 Å². The van der Waals surface area contributed by atoms with Crippen molar-refractivity contribution in [2.24, 2.45) is 0 Å². The normalized spacial score (nSPS) is 27.3. The van der Waals surface area contributed by atoms with Crippen LogP contribution in [0.3, 0.4) is 0 Å². The molecule has 0 bridgehead atoms. The zero-order valence-electron chi connectivity index (χ0n) is 11.0. The van der Waals surface area contributed by atoms with Crippen molar-refractivity contribution in [1.82, 2.24) is 15.1 Å². The molecule has 2 rings (SSSR count). The number of aliphatic carboxylic acids is 1. The number of hydrogen-bond donors (Lipinski definition) is 2. The third-order valence-corrected chi connectivity index (χ3v) is 3.81. The van der Waals surface area contributed by atoms with Crippen LogP contribution >= 0.6 is 0 Å². The van der Waals surface area contributed by atoms with Gasteiger partial charge in [0.1, 0.15) is 12.6 Å². The van der Waals surface area contributed by atoms with Crippen LogP contribution in [0.5, 0.6) is 0 Å². The summed E-state index contributed by atoms with van der Waals surface area (Å²) >= 11 is 0. The first-order chi connectivity index (χ1) is 9.04. The second-order valence-corrected chi connectivity index (χ2v) is 4.97. The number of nitrogens with one attached hydrogen (secondary N) is 1. The van der Waals surface area contributed by atoms with E-state index in [0.717, 1.165) is 19.3 Å². The number of carbonyl (C=O) groups excluding carboxylic acids is 2. The molecule has 2 unspecified atom stereocenters. The molecule has 0 aliphatic carbocycles. The fourth-order valence-electron chi connectivity index (χ4n) is 2.74. The highest BCUT2D eigenvalue weighted by molar-refractivity contribution is 5.90. The molecule has 106 valence electrons. The molecule has 3 amide bonds. The number of urea groups is 1. The third kappa shape index (κ3) is 2.64. The van der Waals surface area contributed by atoms with E-state index in [9.17, 15) is 14.4 Å². The van der Waals surface area contributed by atoms with Gasteiger partial charge in [-0.15, -0.1) is 0 Å². The van der Waals surface area contributed by atoms with E-state index in [-0.39, 0.29) is 31.1 Å². The number of carbonyl (C=O) groups is 3. The number of rotatable bonds is 2. The van der Waals surface area contributed by atoms with Crippen molar-refractivity contribution < 1.29 is 19.5 Å². The summed E-state index contributed by atoms with van der Waals surface area (Å²) in [5.74, 6) is -1.39. The van der Waals surface area contributed by atoms with Gasteiger partial charge in [0.25, 0.3) is 0 Å². The molecule has 2 fully saturated rings. The lowest BCUT2D eigenvalue weighted by Crippen LogP contribution is -2.62. The van der Waals surface area contributed by atoms with Crippen LogP contribution in [0.2, 0.25) is 0 Å². The lowest BCUT2D eigenvalue weighted by atomic mass is 10.1. The summed E-state index contributed by atoms with van der Waals surface area (Å²) in [6, 6.07) is -1.14. The first-order valence-electron chi connectivity index (χ1n) is 6.61. The SMILES string of the molecule is CCC1CCCN1C(=O)N1CC(=O)NCC1C(=O)O. The van der Waals surface area contributed by atoms with Gasteiger partial charge in [0, 0.05) is 19.1 Å². The Morgan fingerprint density at radius 1 is 1.42 bits per heavy atom. The molecule has 7 nitrogen and oxygen atoms in total. The molecule has 7 heteroatoms. The van der Waals surface area contributed by atoms with Crippen LogP contribution in [0, 0.1) is 0 Å². The minimum Gasteiger partial charge on any atom is -0.480 e. The molecule has 2 aliphatic heterocycles. The summed E-state index contributed by atoms with van der Waals surface area (Å²) in [4.78, 5) is 37.9. The summed E-state index contributed by atoms with van der Waals surface area (Å²) in [7, 11) is 0. The van der Waals surface area contributed by atoms with Gasteiger partial charge in [-0.3, -0.25) is 9.69 Å². The van der Waals surface area contributed by atoms with Crippen molar-refractivity contribution in [3.05, 3.63) is 0 Å². The predicted molar refractivity (Wildman–Crippen MR) is 66.6 cm³/mol. The van der Waals surface area contributed by atoms with Crippen LogP contribution in [-0.4, -0.2) is 64.5 Å². The van der Waals surface area contributed by atoms with E-state index < -0.39 is 12.0 Å². The second kappa shape index (κ2) is 5.46. The molecule has 2 heterocycles. The molecule has 0 aromatic rings. The lowest BCUT2D eigenvalue weighted by molar-refractivity contribution is -0.144. The monoisotopic (exact) mass is 269 g/mol. The fourth-order valence-corrected chi connectivity index (χ4v) is 2.74. The molecular weight excluding hydrogens is 250 g/mol. The minimum absolute atomic E-state index is 0.0233. The Balaban J connectivity index is 2.14. The van der Waals surface area contributed by atoms with Gasteiger partial charge in [-0.05, 0) is 19.3 Å². The number of likely N-dealkylation sites (tertiary alicyclic amines) is 1. The Morgan fingerprint density at radius 3 is 2.79 bits per heavy atom. The van der Waals surface area contributed by atoms with Crippen molar-refractivity contribution in [2.45, 2.75) is 38.3 Å². The Morgan fingerprint density at radius 2 is 2.16 bits per heavy atom. The number of nitrogens with zero attached hydrogens (tertiary/aromatic N) is 2. The number of piperazine rings is 1. The summed E-state index contributed by atoms with van der Waals surface area (Å²) in [5, 5.41) is 11.6. The maximum absolute atomic E-state index is 12.4. The molecule has 2 saturated heterocycles. The first-order valence-corrected chi connectivity index (χ1v) is 6.61. The van der Waals surface area contributed by atoms with Crippen LogP contribution in [0.4, 0.5) is 4.79 Å². The van der Waals surface area contributed by atoms with Crippen LogP contribution in [0.1, 0.15) is 26.2 Å². The van der Waals surface area contributed by atoms with E-state index in [0.29, 0.717) is 6.54 Å².